The Labute approximate surface area is 394 Å². The van der Waals surface area contributed by atoms with Crippen LogP contribution in [0.25, 0.3) is 121 Å². The number of aromatic nitrogens is 3. The molecule has 0 aliphatic heterocycles. The van der Waals surface area contributed by atoms with Crippen LogP contribution in [-0.4, -0.2) is 15.0 Å². The third kappa shape index (κ3) is 7.90. The molecule has 0 spiro atoms. The molecule has 0 radical (unpaired) electrons. The van der Waals surface area contributed by atoms with E-state index in [2.05, 4.69) is 249 Å². The van der Waals surface area contributed by atoms with Gasteiger partial charge >= 0.3 is 0 Å². The average Bonchev–Trinajstić information content (AvgIpc) is 3.81. The topological polar surface area (TPSA) is 38.7 Å². The minimum absolute atomic E-state index is 0.607. The third-order valence-corrected chi connectivity index (χ3v) is 13.8. The van der Waals surface area contributed by atoms with Crippen molar-refractivity contribution in [2.45, 2.75) is 0 Å². The lowest BCUT2D eigenvalue weighted by molar-refractivity contribution is 1.08. The van der Waals surface area contributed by atoms with Crippen LogP contribution in [0.3, 0.4) is 0 Å². The fourth-order valence-corrected chi connectivity index (χ4v) is 10.5. The molecular weight excluding hydrogens is 831 g/mol. The third-order valence-electron chi connectivity index (χ3n) is 12.5. The SMILES string of the molecule is c1ccc(-c2cc(-c3ccccc3)cc(-c3nc(-c4cc(-c5ccccc5)cc(-c5ccccc5)c4)nc(-c4cccc5c4sc4c(-c6ccccc6)cc(-c6ccccc6)cc45)n3)c2)cc1. The molecule has 0 unspecified atom stereocenters. The lowest BCUT2D eigenvalue weighted by atomic mass is 9.95. The van der Waals surface area contributed by atoms with Gasteiger partial charge in [-0.3, -0.25) is 0 Å². The molecule has 10 aromatic carbocycles. The van der Waals surface area contributed by atoms with Gasteiger partial charge in [0.2, 0.25) is 0 Å². The zero-order chi connectivity index (χ0) is 44.5. The summed E-state index contributed by atoms with van der Waals surface area (Å²) in [6, 6.07) is 88.3. The van der Waals surface area contributed by atoms with Gasteiger partial charge in [-0.1, -0.05) is 194 Å². The molecule has 67 heavy (non-hydrogen) atoms. The van der Waals surface area contributed by atoms with Gasteiger partial charge in [-0.2, -0.15) is 0 Å². The second-order valence-electron chi connectivity index (χ2n) is 16.8. The Morgan fingerprint density at radius 3 is 0.940 bits per heavy atom. The highest BCUT2D eigenvalue weighted by atomic mass is 32.1. The van der Waals surface area contributed by atoms with E-state index >= 15 is 0 Å². The van der Waals surface area contributed by atoms with Crippen LogP contribution in [0.1, 0.15) is 0 Å². The quantitative estimate of drug-likeness (QED) is 0.145. The summed E-state index contributed by atoms with van der Waals surface area (Å²) in [5.74, 6) is 1.84. The summed E-state index contributed by atoms with van der Waals surface area (Å²) in [6.07, 6.45) is 0. The van der Waals surface area contributed by atoms with Gasteiger partial charge in [-0.25, -0.2) is 15.0 Å². The molecule has 12 rings (SSSR count). The van der Waals surface area contributed by atoms with E-state index in [1.54, 1.807) is 0 Å². The molecule has 2 heterocycles. The van der Waals surface area contributed by atoms with Crippen molar-refractivity contribution in [3.05, 3.63) is 249 Å². The highest BCUT2D eigenvalue weighted by Gasteiger charge is 2.21. The molecule has 0 saturated heterocycles. The molecule has 0 aliphatic carbocycles. The van der Waals surface area contributed by atoms with Gasteiger partial charge in [0, 0.05) is 42.4 Å². The molecule has 2 aromatic heterocycles. The lowest BCUT2D eigenvalue weighted by Gasteiger charge is -2.14. The molecular formula is C63H41N3S. The number of rotatable bonds is 9. The molecule has 0 amide bonds. The van der Waals surface area contributed by atoms with E-state index in [0.29, 0.717) is 17.5 Å². The van der Waals surface area contributed by atoms with E-state index in [0.717, 1.165) is 65.9 Å². The maximum atomic E-state index is 5.48. The van der Waals surface area contributed by atoms with Crippen LogP contribution in [0.5, 0.6) is 0 Å². The smallest absolute Gasteiger partial charge is 0.165 e. The molecule has 12 aromatic rings. The molecule has 0 saturated carbocycles. The van der Waals surface area contributed by atoms with Crippen LogP contribution in [0.15, 0.2) is 249 Å². The lowest BCUT2D eigenvalue weighted by Crippen LogP contribution is -2.01. The first-order chi connectivity index (χ1) is 33.2. The summed E-state index contributed by atoms with van der Waals surface area (Å²) in [7, 11) is 0. The van der Waals surface area contributed by atoms with E-state index in [4.69, 9.17) is 15.0 Å². The summed E-state index contributed by atoms with van der Waals surface area (Å²) in [4.78, 5) is 16.4. The van der Waals surface area contributed by atoms with Crippen molar-refractivity contribution in [2.75, 3.05) is 0 Å². The Balaban J connectivity index is 1.13. The van der Waals surface area contributed by atoms with Crippen molar-refractivity contribution >= 4 is 31.5 Å². The maximum absolute atomic E-state index is 5.48. The number of hydrogen-bond donors (Lipinski definition) is 0. The number of hydrogen-bond acceptors (Lipinski definition) is 4. The van der Waals surface area contributed by atoms with Crippen molar-refractivity contribution in [3.8, 4) is 101 Å². The molecule has 3 nitrogen and oxygen atoms in total. The molecule has 0 bridgehead atoms. The fraction of sp³-hybridized carbons (Fsp3) is 0. The molecule has 0 fully saturated rings. The molecule has 0 aliphatic rings. The molecule has 4 heteroatoms. The average molecular weight is 872 g/mol. The van der Waals surface area contributed by atoms with Gasteiger partial charge in [0.25, 0.3) is 0 Å². The number of benzene rings is 10. The van der Waals surface area contributed by atoms with Gasteiger partial charge in [-0.05, 0) is 116 Å². The first kappa shape index (κ1) is 40.0. The zero-order valence-electron chi connectivity index (χ0n) is 36.4. The second kappa shape index (κ2) is 17.4. The van der Waals surface area contributed by atoms with Crippen LogP contribution in [0.2, 0.25) is 0 Å². The number of nitrogens with zero attached hydrogens (tertiary/aromatic N) is 3. The molecule has 314 valence electrons. The summed E-state index contributed by atoms with van der Waals surface area (Å²) in [6.45, 7) is 0. The normalized spacial score (nSPS) is 11.3. The van der Waals surface area contributed by atoms with Crippen LogP contribution >= 0.6 is 11.3 Å². The van der Waals surface area contributed by atoms with Gasteiger partial charge in [0.1, 0.15) is 0 Å². The predicted octanol–water partition coefficient (Wildman–Crippen LogP) is 17.2. The van der Waals surface area contributed by atoms with Gasteiger partial charge in [0.15, 0.2) is 17.5 Å². The van der Waals surface area contributed by atoms with Crippen LogP contribution in [-0.2, 0) is 0 Å². The highest BCUT2D eigenvalue weighted by molar-refractivity contribution is 7.26. The Morgan fingerprint density at radius 2 is 0.537 bits per heavy atom. The van der Waals surface area contributed by atoms with Gasteiger partial charge < -0.3 is 0 Å². The van der Waals surface area contributed by atoms with Crippen molar-refractivity contribution in [1.82, 2.24) is 15.0 Å². The maximum Gasteiger partial charge on any atom is 0.165 e. The number of fused-ring (bicyclic) bond motifs is 3. The minimum atomic E-state index is 0.607. The van der Waals surface area contributed by atoms with E-state index < -0.39 is 0 Å². The fourth-order valence-electron chi connectivity index (χ4n) is 9.16. The Bertz CT molecular complexity index is 3440. The van der Waals surface area contributed by atoms with Crippen molar-refractivity contribution in [3.63, 3.8) is 0 Å². The molecule has 0 N–H and O–H groups in total. The summed E-state index contributed by atoms with van der Waals surface area (Å²) in [5.41, 5.74) is 16.4. The monoisotopic (exact) mass is 871 g/mol. The Morgan fingerprint density at radius 1 is 0.209 bits per heavy atom. The van der Waals surface area contributed by atoms with Gasteiger partial charge in [-0.15, -0.1) is 11.3 Å². The largest absolute Gasteiger partial charge is 0.208 e. The van der Waals surface area contributed by atoms with Crippen LogP contribution in [0.4, 0.5) is 0 Å². The summed E-state index contributed by atoms with van der Waals surface area (Å²) >= 11 is 1.81. The summed E-state index contributed by atoms with van der Waals surface area (Å²) in [5, 5.41) is 2.38. The minimum Gasteiger partial charge on any atom is -0.208 e. The van der Waals surface area contributed by atoms with E-state index in [9.17, 15) is 0 Å². The number of thiophene rings is 1. The molecule has 0 atom stereocenters. The standard InChI is InChI=1S/C63H41N3S/c1-7-20-42(21-8-1)48-34-49(43-22-9-2-10-23-43)37-53(36-48)61-64-62(54-38-50(44-24-11-3-12-25-44)35-51(39-54)45-26-13-4-14-27-45)66-63(65-61)56-33-19-32-55-58-41-52(46-28-15-5-16-29-46)40-57(60(58)67-59(55)56)47-30-17-6-18-31-47/h1-41H. The van der Waals surface area contributed by atoms with Crippen LogP contribution < -0.4 is 0 Å². The van der Waals surface area contributed by atoms with Crippen LogP contribution in [0, 0.1) is 0 Å². The Kier molecular flexibility index (Phi) is 10.4. The highest BCUT2D eigenvalue weighted by Crippen LogP contribution is 2.46. The van der Waals surface area contributed by atoms with Gasteiger partial charge in [0.05, 0.1) is 0 Å². The zero-order valence-corrected chi connectivity index (χ0v) is 37.2. The van der Waals surface area contributed by atoms with E-state index in [1.807, 2.05) is 11.3 Å². The predicted molar refractivity (Wildman–Crippen MR) is 282 cm³/mol. The first-order valence-corrected chi connectivity index (χ1v) is 23.4. The van der Waals surface area contributed by atoms with Crippen molar-refractivity contribution in [1.29, 1.82) is 0 Å². The Hall–Kier alpha value is -8.57. The first-order valence-electron chi connectivity index (χ1n) is 22.6. The van der Waals surface area contributed by atoms with E-state index in [-0.39, 0.29) is 0 Å². The summed E-state index contributed by atoms with van der Waals surface area (Å²) < 4.78 is 2.36. The second-order valence-corrected chi connectivity index (χ2v) is 17.8. The van der Waals surface area contributed by atoms with Crippen molar-refractivity contribution in [2.24, 2.45) is 0 Å². The van der Waals surface area contributed by atoms with E-state index in [1.165, 1.54) is 37.7 Å². The van der Waals surface area contributed by atoms with Crippen molar-refractivity contribution < 1.29 is 0 Å².